The maximum atomic E-state index is 12.7. The van der Waals surface area contributed by atoms with Crippen LogP contribution in [-0.4, -0.2) is 15.2 Å². The van der Waals surface area contributed by atoms with Gasteiger partial charge in [0.15, 0.2) is 0 Å². The van der Waals surface area contributed by atoms with Crippen LogP contribution in [0.15, 0.2) is 53.4 Å². The highest BCUT2D eigenvalue weighted by Crippen LogP contribution is 2.32. The van der Waals surface area contributed by atoms with Crippen LogP contribution in [0.5, 0.6) is 0 Å². The summed E-state index contributed by atoms with van der Waals surface area (Å²) in [6, 6.07) is 7.44. The van der Waals surface area contributed by atoms with E-state index >= 15 is 0 Å². The monoisotopic (exact) mass is 540 g/mol. The number of aromatic nitrogens is 2. The molecule has 26 heavy (non-hydrogen) atoms. The van der Waals surface area contributed by atoms with Crippen molar-refractivity contribution in [1.82, 2.24) is 9.31 Å². The Morgan fingerprint density at radius 3 is 2.08 bits per heavy atom. The smallest absolute Gasteiger partial charge is 0.311 e. The fourth-order valence-corrected chi connectivity index (χ4v) is 4.06. The van der Waals surface area contributed by atoms with E-state index < -0.39 is 17.4 Å². The highest BCUT2D eigenvalue weighted by Gasteiger charge is 2.24. The van der Waals surface area contributed by atoms with Gasteiger partial charge in [-0.25, -0.2) is 9.59 Å². The predicted molar refractivity (Wildman–Crippen MR) is 105 cm³/mol. The van der Waals surface area contributed by atoms with E-state index in [-0.39, 0.29) is 26.3 Å². The van der Waals surface area contributed by atoms with E-state index in [2.05, 4.69) is 31.9 Å². The standard InChI is InChI=1S/C15H5Br2Cl3N2O4/c16-7-2-1-3-8(17)11(7)13(23)21-14(24)22(26-15(21)25)6-4-9(18)12(20)10(19)5-6/h1-5H. The zero-order chi connectivity index (χ0) is 19.2. The highest BCUT2D eigenvalue weighted by atomic mass is 79.9. The van der Waals surface area contributed by atoms with E-state index in [1.54, 1.807) is 18.2 Å². The summed E-state index contributed by atoms with van der Waals surface area (Å²) in [5.74, 6) is -2.03. The van der Waals surface area contributed by atoms with Crippen molar-refractivity contribution in [3.8, 4) is 5.69 Å². The second-order valence-corrected chi connectivity index (χ2v) is 7.80. The molecule has 0 N–H and O–H groups in total. The van der Waals surface area contributed by atoms with Gasteiger partial charge in [-0.15, -0.1) is 4.74 Å². The first-order valence-electron chi connectivity index (χ1n) is 6.71. The average molecular weight is 543 g/mol. The maximum absolute atomic E-state index is 12.7. The molecule has 0 aliphatic rings. The van der Waals surface area contributed by atoms with Gasteiger partial charge in [0.2, 0.25) is 0 Å². The lowest BCUT2D eigenvalue weighted by Crippen LogP contribution is -2.35. The Morgan fingerprint density at radius 2 is 1.54 bits per heavy atom. The van der Waals surface area contributed by atoms with Gasteiger partial charge in [-0.2, -0.15) is 4.57 Å². The number of carbonyl (C=O) groups excluding carboxylic acids is 1. The van der Waals surface area contributed by atoms with Crippen LogP contribution in [-0.2, 0) is 0 Å². The summed E-state index contributed by atoms with van der Waals surface area (Å²) in [7, 11) is 0. The quantitative estimate of drug-likeness (QED) is 0.437. The first-order valence-corrected chi connectivity index (χ1v) is 9.43. The molecule has 0 atom stereocenters. The molecule has 0 radical (unpaired) electrons. The first kappa shape index (κ1) is 19.4. The lowest BCUT2D eigenvalue weighted by molar-refractivity contribution is 0.0947. The lowest BCUT2D eigenvalue weighted by Gasteiger charge is -2.05. The molecule has 6 nitrogen and oxygen atoms in total. The van der Waals surface area contributed by atoms with Crippen LogP contribution in [0.25, 0.3) is 5.69 Å². The average Bonchev–Trinajstić information content (AvgIpc) is 2.86. The van der Waals surface area contributed by atoms with Crippen molar-refractivity contribution in [3.63, 3.8) is 0 Å². The fraction of sp³-hybridized carbons (Fsp3) is 0. The van der Waals surface area contributed by atoms with Crippen LogP contribution in [0.1, 0.15) is 10.4 Å². The van der Waals surface area contributed by atoms with Gasteiger partial charge in [-0.1, -0.05) is 40.9 Å². The molecule has 0 unspecified atom stereocenters. The third-order valence-corrected chi connectivity index (χ3v) is 5.82. The molecule has 3 aromatic rings. The summed E-state index contributed by atoms with van der Waals surface area (Å²) in [5, 5.41) is 0.188. The summed E-state index contributed by atoms with van der Waals surface area (Å²) in [6.07, 6.45) is 0. The van der Waals surface area contributed by atoms with Crippen LogP contribution in [0.2, 0.25) is 15.1 Å². The molecular formula is C15H5Br2Cl3N2O4. The van der Waals surface area contributed by atoms with E-state index in [1.165, 1.54) is 12.1 Å². The van der Waals surface area contributed by atoms with Crippen LogP contribution in [0.4, 0.5) is 0 Å². The van der Waals surface area contributed by atoms with Crippen LogP contribution < -0.4 is 11.4 Å². The van der Waals surface area contributed by atoms with Crippen LogP contribution >= 0.6 is 66.7 Å². The SMILES string of the molecule is O=C(c1c(Br)cccc1Br)n1c(=O)on(-c2cc(Cl)c(Cl)c(Cl)c2)c1=O. The minimum atomic E-state index is -1.16. The van der Waals surface area contributed by atoms with E-state index in [9.17, 15) is 14.4 Å². The molecule has 0 fully saturated rings. The Kier molecular flexibility index (Phi) is 5.50. The molecule has 0 aliphatic carbocycles. The van der Waals surface area contributed by atoms with Gasteiger partial charge in [0.1, 0.15) is 0 Å². The Hall–Kier alpha value is -1.32. The van der Waals surface area contributed by atoms with Crippen molar-refractivity contribution in [2.75, 3.05) is 0 Å². The topological polar surface area (TPSA) is 74.2 Å². The van der Waals surface area contributed by atoms with Crippen molar-refractivity contribution in [1.29, 1.82) is 0 Å². The van der Waals surface area contributed by atoms with Gasteiger partial charge in [0.05, 0.1) is 26.3 Å². The minimum Gasteiger partial charge on any atom is -0.311 e. The molecular weight excluding hydrogens is 538 g/mol. The predicted octanol–water partition coefficient (Wildman–Crippen LogP) is 4.77. The Labute approximate surface area is 177 Å². The number of nitrogens with zero attached hydrogens (tertiary/aromatic N) is 2. The van der Waals surface area contributed by atoms with E-state index in [4.69, 9.17) is 39.3 Å². The summed E-state index contributed by atoms with van der Waals surface area (Å²) < 4.78 is 6.67. The fourth-order valence-electron chi connectivity index (χ4n) is 2.13. The van der Waals surface area contributed by atoms with Gasteiger partial charge in [0.25, 0.3) is 5.91 Å². The third-order valence-electron chi connectivity index (χ3n) is 3.30. The number of hydrogen-bond acceptors (Lipinski definition) is 4. The first-order chi connectivity index (χ1) is 12.2. The molecule has 3 rings (SSSR count). The number of carbonyl (C=O) groups is 1. The summed E-state index contributed by atoms with van der Waals surface area (Å²) in [5.41, 5.74) is -0.881. The van der Waals surface area contributed by atoms with Crippen LogP contribution in [0, 0.1) is 0 Å². The normalized spacial score (nSPS) is 11.0. The second kappa shape index (κ2) is 7.36. The van der Waals surface area contributed by atoms with Crippen molar-refractivity contribution in [2.24, 2.45) is 0 Å². The Balaban J connectivity index is 2.21. The van der Waals surface area contributed by atoms with Crippen LogP contribution in [0.3, 0.4) is 0 Å². The minimum absolute atomic E-state index is 0.0456. The largest absolute Gasteiger partial charge is 0.450 e. The Bertz CT molecular complexity index is 1120. The second-order valence-electron chi connectivity index (χ2n) is 4.89. The molecule has 0 saturated carbocycles. The number of hydrogen-bond donors (Lipinski definition) is 0. The lowest BCUT2D eigenvalue weighted by atomic mass is 10.2. The maximum Gasteiger partial charge on any atom is 0.450 e. The molecule has 134 valence electrons. The van der Waals surface area contributed by atoms with Crippen molar-refractivity contribution < 1.29 is 9.32 Å². The van der Waals surface area contributed by atoms with Gasteiger partial charge < -0.3 is 4.52 Å². The Morgan fingerprint density at radius 1 is 1.00 bits per heavy atom. The van der Waals surface area contributed by atoms with Gasteiger partial charge in [0, 0.05) is 8.95 Å². The molecule has 1 aromatic heterocycles. The number of rotatable bonds is 2. The highest BCUT2D eigenvalue weighted by molar-refractivity contribution is 9.11. The summed E-state index contributed by atoms with van der Waals surface area (Å²) >= 11 is 24.2. The summed E-state index contributed by atoms with van der Waals surface area (Å²) in [6.45, 7) is 0. The van der Waals surface area contributed by atoms with E-state index in [0.717, 1.165) is 0 Å². The van der Waals surface area contributed by atoms with Gasteiger partial charge in [-0.05, 0) is 56.1 Å². The number of halogens is 5. The van der Waals surface area contributed by atoms with Crippen molar-refractivity contribution >= 4 is 72.6 Å². The molecule has 11 heteroatoms. The van der Waals surface area contributed by atoms with E-state index in [0.29, 0.717) is 18.3 Å². The number of benzene rings is 2. The zero-order valence-corrected chi connectivity index (χ0v) is 17.7. The van der Waals surface area contributed by atoms with Gasteiger partial charge in [-0.3, -0.25) is 4.79 Å². The molecule has 0 amide bonds. The van der Waals surface area contributed by atoms with Crippen molar-refractivity contribution in [3.05, 3.63) is 80.9 Å². The molecule has 0 bridgehead atoms. The van der Waals surface area contributed by atoms with Crippen molar-refractivity contribution in [2.45, 2.75) is 0 Å². The molecule has 0 saturated heterocycles. The zero-order valence-electron chi connectivity index (χ0n) is 12.3. The molecule has 2 aromatic carbocycles. The molecule has 1 heterocycles. The van der Waals surface area contributed by atoms with E-state index in [1.807, 2.05) is 0 Å². The molecule has 0 spiro atoms. The molecule has 0 aliphatic heterocycles. The summed E-state index contributed by atoms with van der Waals surface area (Å²) in [4.78, 5) is 37.5. The van der Waals surface area contributed by atoms with Gasteiger partial charge >= 0.3 is 11.4 Å². The third kappa shape index (κ3) is 3.32.